The first-order chi connectivity index (χ1) is 14.6. The zero-order chi connectivity index (χ0) is 21.3. The molecule has 1 heterocycles. The fraction of sp³-hybridized carbons (Fsp3) is 0.348. The number of rotatable bonds is 9. The van der Waals surface area contributed by atoms with Crippen LogP contribution in [0.2, 0.25) is 0 Å². The standard InChI is InChI=1S/C23H25NO6/c1-2-3-4-9-22(26)24-17-12-10-16(11-13-17)18(25)14-29-23(27)21-15-28-19-7-5-6-8-20(19)30-21/h5-8,10-13,21H,2-4,9,14-15H2,1H3,(H,24,26). The SMILES string of the molecule is CCCCCC(=O)Nc1ccc(C(=O)COC(=O)C2COc3ccccc3O2)cc1. The van der Waals surface area contributed by atoms with Crippen LogP contribution in [0.3, 0.4) is 0 Å². The maximum Gasteiger partial charge on any atom is 0.351 e. The van der Waals surface area contributed by atoms with Gasteiger partial charge in [0.15, 0.2) is 23.9 Å². The van der Waals surface area contributed by atoms with Crippen LogP contribution in [0.5, 0.6) is 11.5 Å². The zero-order valence-corrected chi connectivity index (χ0v) is 16.9. The number of Topliss-reactive ketones (excluding diaryl/α,β-unsaturated/α-hetero) is 1. The Hall–Kier alpha value is -3.35. The first kappa shape index (κ1) is 21.4. The smallest absolute Gasteiger partial charge is 0.351 e. The van der Waals surface area contributed by atoms with Crippen molar-refractivity contribution in [2.24, 2.45) is 0 Å². The quantitative estimate of drug-likeness (QED) is 0.384. The molecule has 1 amide bonds. The lowest BCUT2D eigenvalue weighted by molar-refractivity contribution is -0.153. The van der Waals surface area contributed by atoms with Gasteiger partial charge in [0.25, 0.3) is 0 Å². The summed E-state index contributed by atoms with van der Waals surface area (Å²) in [6, 6.07) is 13.5. The molecular formula is C23H25NO6. The second-order valence-electron chi connectivity index (χ2n) is 6.98. The minimum absolute atomic E-state index is 0.0245. The first-order valence-electron chi connectivity index (χ1n) is 10.0. The van der Waals surface area contributed by atoms with Gasteiger partial charge in [-0.15, -0.1) is 0 Å². The van der Waals surface area contributed by atoms with Crippen LogP contribution in [-0.2, 0) is 14.3 Å². The third kappa shape index (κ3) is 5.83. The lowest BCUT2D eigenvalue weighted by Crippen LogP contribution is -2.38. The number of benzene rings is 2. The van der Waals surface area contributed by atoms with Crippen LogP contribution in [0.4, 0.5) is 5.69 Å². The van der Waals surface area contributed by atoms with Crippen LogP contribution in [0.1, 0.15) is 43.0 Å². The molecule has 0 aromatic heterocycles. The third-order valence-electron chi connectivity index (χ3n) is 4.62. The van der Waals surface area contributed by atoms with E-state index in [0.29, 0.717) is 29.2 Å². The number of nitrogens with one attached hydrogen (secondary N) is 1. The lowest BCUT2D eigenvalue weighted by atomic mass is 10.1. The van der Waals surface area contributed by atoms with Gasteiger partial charge in [0.2, 0.25) is 12.0 Å². The Morgan fingerprint density at radius 1 is 1.03 bits per heavy atom. The number of carbonyl (C=O) groups excluding carboxylic acids is 3. The summed E-state index contributed by atoms with van der Waals surface area (Å²) in [6.45, 7) is 1.71. The Balaban J connectivity index is 1.45. The number of amides is 1. The van der Waals surface area contributed by atoms with E-state index < -0.39 is 18.7 Å². The minimum Gasteiger partial charge on any atom is -0.485 e. The fourth-order valence-corrected chi connectivity index (χ4v) is 2.95. The van der Waals surface area contributed by atoms with Crippen molar-refractivity contribution >= 4 is 23.3 Å². The van der Waals surface area contributed by atoms with E-state index in [4.69, 9.17) is 14.2 Å². The van der Waals surface area contributed by atoms with Crippen LogP contribution in [0.15, 0.2) is 48.5 Å². The summed E-state index contributed by atoms with van der Waals surface area (Å²) in [5, 5.41) is 2.80. The summed E-state index contributed by atoms with van der Waals surface area (Å²) in [6.07, 6.45) is 2.48. The van der Waals surface area contributed by atoms with Gasteiger partial charge in [-0.25, -0.2) is 4.79 Å². The van der Waals surface area contributed by atoms with Crippen molar-refractivity contribution in [2.45, 2.75) is 38.7 Å². The van der Waals surface area contributed by atoms with Crippen molar-refractivity contribution in [2.75, 3.05) is 18.5 Å². The van der Waals surface area contributed by atoms with Crippen molar-refractivity contribution in [1.29, 1.82) is 0 Å². The van der Waals surface area contributed by atoms with Crippen LogP contribution in [-0.4, -0.2) is 37.0 Å². The number of ketones is 1. The number of hydrogen-bond donors (Lipinski definition) is 1. The summed E-state index contributed by atoms with van der Waals surface area (Å²) >= 11 is 0. The molecular weight excluding hydrogens is 386 g/mol. The van der Waals surface area contributed by atoms with Gasteiger partial charge in [-0.1, -0.05) is 31.9 Å². The summed E-state index contributed by atoms with van der Waals surface area (Å²) < 4.78 is 16.1. The third-order valence-corrected chi connectivity index (χ3v) is 4.62. The highest BCUT2D eigenvalue weighted by molar-refractivity contribution is 5.99. The molecule has 0 saturated carbocycles. The minimum atomic E-state index is -0.919. The highest BCUT2D eigenvalue weighted by atomic mass is 16.6. The number of carbonyl (C=O) groups is 3. The monoisotopic (exact) mass is 411 g/mol. The average molecular weight is 411 g/mol. The molecule has 1 atom stereocenters. The molecule has 7 nitrogen and oxygen atoms in total. The van der Waals surface area contributed by atoms with Crippen LogP contribution < -0.4 is 14.8 Å². The molecule has 0 bridgehead atoms. The molecule has 1 N–H and O–H groups in total. The van der Waals surface area contributed by atoms with Gasteiger partial charge in [-0.05, 0) is 42.8 Å². The van der Waals surface area contributed by atoms with E-state index in [1.807, 2.05) is 6.07 Å². The molecule has 7 heteroatoms. The molecule has 0 saturated heterocycles. The fourth-order valence-electron chi connectivity index (χ4n) is 2.95. The van der Waals surface area contributed by atoms with Gasteiger partial charge in [0.1, 0.15) is 6.61 Å². The predicted octanol–water partition coefficient (Wildman–Crippen LogP) is 3.77. The number of anilines is 1. The largest absolute Gasteiger partial charge is 0.485 e. The lowest BCUT2D eigenvalue weighted by Gasteiger charge is -2.24. The van der Waals surface area contributed by atoms with E-state index in [1.54, 1.807) is 42.5 Å². The van der Waals surface area contributed by atoms with Crippen LogP contribution >= 0.6 is 0 Å². The Labute approximate surface area is 175 Å². The molecule has 30 heavy (non-hydrogen) atoms. The Bertz CT molecular complexity index is 893. The zero-order valence-electron chi connectivity index (χ0n) is 16.9. The number of hydrogen-bond acceptors (Lipinski definition) is 6. The van der Waals surface area contributed by atoms with Gasteiger partial charge in [0.05, 0.1) is 0 Å². The highest BCUT2D eigenvalue weighted by Crippen LogP contribution is 2.31. The molecule has 2 aromatic carbocycles. The van der Waals surface area contributed by atoms with Crippen molar-refractivity contribution < 1.29 is 28.6 Å². The molecule has 0 radical (unpaired) electrons. The second kappa shape index (κ2) is 10.4. The van der Waals surface area contributed by atoms with Gasteiger partial charge in [-0.2, -0.15) is 0 Å². The van der Waals surface area contributed by atoms with E-state index in [9.17, 15) is 14.4 Å². The van der Waals surface area contributed by atoms with Crippen molar-refractivity contribution in [3.63, 3.8) is 0 Å². The van der Waals surface area contributed by atoms with Gasteiger partial charge < -0.3 is 19.5 Å². The van der Waals surface area contributed by atoms with E-state index in [-0.39, 0.29) is 18.3 Å². The second-order valence-corrected chi connectivity index (χ2v) is 6.98. The maximum atomic E-state index is 12.3. The van der Waals surface area contributed by atoms with Crippen LogP contribution in [0.25, 0.3) is 0 Å². The van der Waals surface area contributed by atoms with Gasteiger partial charge in [0, 0.05) is 17.7 Å². The molecule has 0 aliphatic carbocycles. The molecule has 1 aliphatic rings. The Morgan fingerprint density at radius 3 is 2.50 bits per heavy atom. The van der Waals surface area contributed by atoms with Crippen molar-refractivity contribution in [1.82, 2.24) is 0 Å². The van der Waals surface area contributed by atoms with Gasteiger partial charge >= 0.3 is 5.97 Å². The van der Waals surface area contributed by atoms with Crippen molar-refractivity contribution in [3.05, 3.63) is 54.1 Å². The molecule has 1 aliphatic heterocycles. The molecule has 0 spiro atoms. The topological polar surface area (TPSA) is 90.9 Å². The Kier molecular flexibility index (Phi) is 7.43. The highest BCUT2D eigenvalue weighted by Gasteiger charge is 2.29. The van der Waals surface area contributed by atoms with E-state index in [2.05, 4.69) is 12.2 Å². The maximum absolute atomic E-state index is 12.3. The number of para-hydroxylation sites is 2. The molecule has 0 fully saturated rings. The summed E-state index contributed by atoms with van der Waals surface area (Å²) in [4.78, 5) is 36.4. The van der Waals surface area contributed by atoms with Crippen molar-refractivity contribution in [3.8, 4) is 11.5 Å². The molecule has 2 aromatic rings. The van der Waals surface area contributed by atoms with E-state index in [0.717, 1.165) is 19.3 Å². The first-order valence-corrected chi connectivity index (χ1v) is 10.0. The summed E-state index contributed by atoms with van der Waals surface area (Å²) in [7, 11) is 0. The normalized spacial score (nSPS) is 14.6. The molecule has 158 valence electrons. The van der Waals surface area contributed by atoms with Gasteiger partial charge in [-0.3, -0.25) is 9.59 Å². The number of esters is 1. The summed E-state index contributed by atoms with van der Waals surface area (Å²) in [5.41, 5.74) is 1.01. The number of fused-ring (bicyclic) bond motifs is 1. The molecule has 1 unspecified atom stereocenters. The van der Waals surface area contributed by atoms with E-state index >= 15 is 0 Å². The van der Waals surface area contributed by atoms with E-state index in [1.165, 1.54) is 0 Å². The Morgan fingerprint density at radius 2 is 1.77 bits per heavy atom. The van der Waals surface area contributed by atoms with Crippen LogP contribution in [0, 0.1) is 0 Å². The average Bonchev–Trinajstić information content (AvgIpc) is 2.77. The predicted molar refractivity (Wildman–Crippen MR) is 111 cm³/mol. The number of unbranched alkanes of at least 4 members (excludes halogenated alkanes) is 2. The number of ether oxygens (including phenoxy) is 3. The summed E-state index contributed by atoms with van der Waals surface area (Å²) in [5.74, 6) is -0.0256. The molecule has 3 rings (SSSR count).